The first-order valence-corrected chi connectivity index (χ1v) is 6.07. The minimum absolute atomic E-state index is 0.216. The van der Waals surface area contributed by atoms with E-state index in [-0.39, 0.29) is 6.61 Å². The second-order valence-electron chi connectivity index (χ2n) is 3.87. The van der Waals surface area contributed by atoms with Crippen LogP contribution >= 0.6 is 11.6 Å². The number of hydroxylamine groups is 1. The number of halogens is 1. The molecule has 2 aromatic carbocycles. The maximum Gasteiger partial charge on any atom is 0.293 e. The first-order valence-electron chi connectivity index (χ1n) is 5.69. The van der Waals surface area contributed by atoms with Crippen LogP contribution in [0, 0.1) is 0 Å². The van der Waals surface area contributed by atoms with Gasteiger partial charge in [-0.25, -0.2) is 5.84 Å². The molecule has 0 radical (unpaired) electrons. The van der Waals surface area contributed by atoms with Crippen LogP contribution in [0.5, 0.6) is 0 Å². The molecule has 0 fully saturated rings. The molecule has 0 aliphatic rings. The number of amides is 1. The number of hydrazine groups is 1. The molecular formula is C14H13ClN2O2. The third-order valence-corrected chi connectivity index (χ3v) is 2.85. The molecule has 0 saturated heterocycles. The van der Waals surface area contributed by atoms with E-state index in [1.54, 1.807) is 24.3 Å². The molecule has 0 aromatic heterocycles. The van der Waals surface area contributed by atoms with Crippen LogP contribution in [0.2, 0.25) is 5.02 Å². The number of hydrogen-bond donors (Lipinski definition) is 1. The highest BCUT2D eigenvalue weighted by Gasteiger charge is 2.16. The molecule has 98 valence electrons. The first kappa shape index (κ1) is 13.5. The third-order valence-electron chi connectivity index (χ3n) is 2.52. The van der Waals surface area contributed by atoms with Crippen molar-refractivity contribution in [3.8, 4) is 0 Å². The molecule has 5 heteroatoms. The smallest absolute Gasteiger partial charge is 0.265 e. The molecule has 0 heterocycles. The summed E-state index contributed by atoms with van der Waals surface area (Å²) in [5.74, 6) is 5.08. The fourth-order valence-corrected chi connectivity index (χ4v) is 1.75. The van der Waals surface area contributed by atoms with Crippen molar-refractivity contribution in [3.63, 3.8) is 0 Å². The van der Waals surface area contributed by atoms with E-state index in [0.29, 0.717) is 15.8 Å². The van der Waals surface area contributed by atoms with Crippen LogP contribution in [-0.2, 0) is 11.4 Å². The van der Waals surface area contributed by atoms with Crippen molar-refractivity contribution in [2.75, 3.05) is 0 Å². The molecular weight excluding hydrogens is 264 g/mol. The van der Waals surface area contributed by atoms with Crippen molar-refractivity contribution in [3.05, 3.63) is 70.7 Å². The summed E-state index contributed by atoms with van der Waals surface area (Å²) in [6.45, 7) is 0.216. The molecule has 1 amide bonds. The Morgan fingerprint density at radius 3 is 2.42 bits per heavy atom. The van der Waals surface area contributed by atoms with E-state index >= 15 is 0 Å². The van der Waals surface area contributed by atoms with Crippen LogP contribution in [0.15, 0.2) is 54.6 Å². The van der Waals surface area contributed by atoms with Gasteiger partial charge in [-0.1, -0.05) is 54.1 Å². The van der Waals surface area contributed by atoms with Gasteiger partial charge in [0.15, 0.2) is 0 Å². The zero-order valence-corrected chi connectivity index (χ0v) is 10.9. The largest absolute Gasteiger partial charge is 0.293 e. The van der Waals surface area contributed by atoms with Crippen molar-refractivity contribution in [2.45, 2.75) is 6.61 Å². The number of nitrogens with two attached hydrogens (primary N) is 1. The summed E-state index contributed by atoms with van der Waals surface area (Å²) in [6.07, 6.45) is 0. The predicted molar refractivity (Wildman–Crippen MR) is 73.0 cm³/mol. The Labute approximate surface area is 116 Å². The lowest BCUT2D eigenvalue weighted by Gasteiger charge is -2.16. The maximum absolute atomic E-state index is 12.0. The van der Waals surface area contributed by atoms with Gasteiger partial charge in [0.05, 0.1) is 10.6 Å². The van der Waals surface area contributed by atoms with E-state index in [1.807, 2.05) is 30.3 Å². The Hall–Kier alpha value is -1.88. The second kappa shape index (κ2) is 6.33. The quantitative estimate of drug-likeness (QED) is 0.531. The molecule has 4 nitrogen and oxygen atoms in total. The standard InChI is InChI=1S/C14H13ClN2O2/c15-13-9-5-4-8-12(13)14(18)17(16)19-10-11-6-2-1-3-7-11/h1-9H,10,16H2. The van der Waals surface area contributed by atoms with E-state index in [4.69, 9.17) is 22.3 Å². The first-order chi connectivity index (χ1) is 9.18. The van der Waals surface area contributed by atoms with Crippen LogP contribution in [0.1, 0.15) is 15.9 Å². The lowest BCUT2D eigenvalue weighted by molar-refractivity contribution is -0.135. The topological polar surface area (TPSA) is 55.6 Å². The second-order valence-corrected chi connectivity index (χ2v) is 4.28. The van der Waals surface area contributed by atoms with Crippen molar-refractivity contribution < 1.29 is 9.63 Å². The molecule has 2 aromatic rings. The molecule has 0 aliphatic carbocycles. The molecule has 2 rings (SSSR count). The van der Waals surface area contributed by atoms with Crippen molar-refractivity contribution in [2.24, 2.45) is 5.84 Å². The summed E-state index contributed by atoms with van der Waals surface area (Å²) in [5, 5.41) is 1.04. The average molecular weight is 277 g/mol. The highest BCUT2D eigenvalue weighted by molar-refractivity contribution is 6.33. The van der Waals surface area contributed by atoms with E-state index in [0.717, 1.165) is 5.56 Å². The van der Waals surface area contributed by atoms with Crippen molar-refractivity contribution in [1.29, 1.82) is 0 Å². The van der Waals surface area contributed by atoms with Gasteiger partial charge in [-0.05, 0) is 17.7 Å². The summed E-state index contributed by atoms with van der Waals surface area (Å²) in [4.78, 5) is 17.2. The van der Waals surface area contributed by atoms with Crippen molar-refractivity contribution in [1.82, 2.24) is 5.17 Å². The van der Waals surface area contributed by atoms with Crippen LogP contribution < -0.4 is 5.84 Å². The van der Waals surface area contributed by atoms with Gasteiger partial charge in [-0.2, -0.15) is 0 Å². The van der Waals surface area contributed by atoms with Gasteiger partial charge >= 0.3 is 0 Å². The van der Waals surface area contributed by atoms with Gasteiger partial charge in [0, 0.05) is 0 Å². The lowest BCUT2D eigenvalue weighted by Crippen LogP contribution is -2.37. The minimum Gasteiger partial charge on any atom is -0.265 e. The number of carbonyl (C=O) groups is 1. The Morgan fingerprint density at radius 2 is 1.74 bits per heavy atom. The molecule has 0 bridgehead atoms. The summed E-state index contributed by atoms with van der Waals surface area (Å²) in [7, 11) is 0. The Kier molecular flexibility index (Phi) is 4.52. The zero-order chi connectivity index (χ0) is 13.7. The van der Waals surface area contributed by atoms with Crippen LogP contribution in [0.4, 0.5) is 0 Å². The fourth-order valence-electron chi connectivity index (χ4n) is 1.53. The Bertz CT molecular complexity index is 560. The monoisotopic (exact) mass is 276 g/mol. The lowest BCUT2D eigenvalue weighted by atomic mass is 10.2. The average Bonchev–Trinajstić information content (AvgIpc) is 2.45. The number of benzene rings is 2. The molecule has 0 unspecified atom stereocenters. The molecule has 0 atom stereocenters. The number of carbonyl (C=O) groups excluding carboxylic acids is 1. The molecule has 0 aliphatic heterocycles. The highest BCUT2D eigenvalue weighted by Crippen LogP contribution is 2.16. The summed E-state index contributed by atoms with van der Waals surface area (Å²) >= 11 is 5.92. The van der Waals surface area contributed by atoms with E-state index in [1.165, 1.54) is 0 Å². The molecule has 19 heavy (non-hydrogen) atoms. The fraction of sp³-hybridized carbons (Fsp3) is 0.0714. The summed E-state index contributed by atoms with van der Waals surface area (Å²) in [6, 6.07) is 16.1. The third kappa shape index (κ3) is 3.54. The molecule has 0 saturated carbocycles. The molecule has 0 spiro atoms. The SMILES string of the molecule is NN(OCc1ccccc1)C(=O)c1ccccc1Cl. The normalized spacial score (nSPS) is 10.2. The van der Waals surface area contributed by atoms with E-state index < -0.39 is 5.91 Å². The summed E-state index contributed by atoms with van der Waals surface area (Å²) in [5.41, 5.74) is 1.23. The van der Waals surface area contributed by atoms with Crippen molar-refractivity contribution >= 4 is 17.5 Å². The van der Waals surface area contributed by atoms with E-state index in [2.05, 4.69) is 0 Å². The van der Waals surface area contributed by atoms with Crippen LogP contribution in [0.3, 0.4) is 0 Å². The Balaban J connectivity index is 1.99. The van der Waals surface area contributed by atoms with Gasteiger partial charge in [-0.15, -0.1) is 5.17 Å². The number of hydrogen-bond acceptors (Lipinski definition) is 3. The van der Waals surface area contributed by atoms with Crippen LogP contribution in [-0.4, -0.2) is 11.1 Å². The minimum atomic E-state index is -0.485. The zero-order valence-electron chi connectivity index (χ0n) is 10.1. The van der Waals surface area contributed by atoms with Gasteiger partial charge in [-0.3, -0.25) is 9.63 Å². The number of nitrogens with zero attached hydrogens (tertiary/aromatic N) is 1. The van der Waals surface area contributed by atoms with Gasteiger partial charge in [0.2, 0.25) is 0 Å². The maximum atomic E-state index is 12.0. The Morgan fingerprint density at radius 1 is 1.11 bits per heavy atom. The highest BCUT2D eigenvalue weighted by atomic mass is 35.5. The molecule has 2 N–H and O–H groups in total. The predicted octanol–water partition coefficient (Wildman–Crippen LogP) is 2.79. The van der Waals surface area contributed by atoms with Gasteiger partial charge < -0.3 is 0 Å². The summed E-state index contributed by atoms with van der Waals surface area (Å²) < 4.78 is 0. The van der Waals surface area contributed by atoms with E-state index in [9.17, 15) is 4.79 Å². The van der Waals surface area contributed by atoms with Gasteiger partial charge in [0.1, 0.15) is 6.61 Å². The van der Waals surface area contributed by atoms with Gasteiger partial charge in [0.25, 0.3) is 5.91 Å². The van der Waals surface area contributed by atoms with Crippen LogP contribution in [0.25, 0.3) is 0 Å². The number of rotatable bonds is 4.